The van der Waals surface area contributed by atoms with Crippen LogP contribution < -0.4 is 5.56 Å². The van der Waals surface area contributed by atoms with Crippen molar-refractivity contribution in [2.24, 2.45) is 0 Å². The lowest BCUT2D eigenvalue weighted by Crippen LogP contribution is -2.20. The molecule has 0 atom stereocenters. The predicted octanol–water partition coefficient (Wildman–Crippen LogP) is 0.787. The zero-order valence-corrected chi connectivity index (χ0v) is 6.10. The number of hydrogen-bond acceptors (Lipinski definition) is 3. The Morgan fingerprint density at radius 1 is 1.60 bits per heavy atom. The fraction of sp³-hybridized carbons (Fsp3) is 0. The fourth-order valence-corrected chi connectivity index (χ4v) is 0.653. The molecule has 0 saturated heterocycles. The van der Waals surface area contributed by atoms with Crippen molar-refractivity contribution in [1.29, 1.82) is 0 Å². The minimum absolute atomic E-state index is 0.0250. The van der Waals surface area contributed by atoms with Crippen molar-refractivity contribution < 1.29 is 5.21 Å². The van der Waals surface area contributed by atoms with Crippen LogP contribution in [0.25, 0.3) is 0 Å². The molecule has 4 nitrogen and oxygen atoms in total. The van der Waals surface area contributed by atoms with Crippen molar-refractivity contribution in [2.45, 2.75) is 0 Å². The molecule has 54 valence electrons. The monoisotopic (exact) mass is 180 g/mol. The first-order valence-corrected chi connectivity index (χ1v) is 3.01. The van der Waals surface area contributed by atoms with Crippen molar-refractivity contribution in [3.8, 4) is 0 Å². The van der Waals surface area contributed by atoms with Gasteiger partial charge in [-0.2, -0.15) is 0 Å². The standard InChI is InChI=1S/C4H2Cl2N2O2/c5-2-1-7-8(10)4(9)3(2)6/h1,10H. The van der Waals surface area contributed by atoms with Crippen molar-refractivity contribution in [3.05, 3.63) is 26.6 Å². The summed E-state index contributed by atoms with van der Waals surface area (Å²) in [6, 6.07) is 0. The van der Waals surface area contributed by atoms with Gasteiger partial charge in [0.05, 0.1) is 11.2 Å². The third-order valence-corrected chi connectivity index (χ3v) is 1.61. The van der Waals surface area contributed by atoms with E-state index in [0.29, 0.717) is 0 Å². The van der Waals surface area contributed by atoms with E-state index in [0.717, 1.165) is 6.20 Å². The predicted molar refractivity (Wildman–Crippen MR) is 35.7 cm³/mol. The van der Waals surface area contributed by atoms with E-state index in [-0.39, 0.29) is 14.9 Å². The molecule has 0 unspecified atom stereocenters. The number of aromatic nitrogens is 2. The van der Waals surface area contributed by atoms with Crippen LogP contribution in [0.5, 0.6) is 0 Å². The maximum absolute atomic E-state index is 10.6. The quantitative estimate of drug-likeness (QED) is 0.601. The van der Waals surface area contributed by atoms with E-state index in [1.54, 1.807) is 0 Å². The molecule has 0 aliphatic rings. The summed E-state index contributed by atoms with van der Waals surface area (Å²) < 4.78 is 0. The summed E-state index contributed by atoms with van der Waals surface area (Å²) >= 11 is 10.7. The van der Waals surface area contributed by atoms with E-state index in [2.05, 4.69) is 5.10 Å². The molecule has 0 radical (unpaired) electrons. The number of halogens is 2. The minimum atomic E-state index is -0.825. The van der Waals surface area contributed by atoms with Gasteiger partial charge in [-0.15, -0.1) is 5.10 Å². The second-order valence-electron chi connectivity index (χ2n) is 1.50. The molecule has 0 aliphatic carbocycles. The van der Waals surface area contributed by atoms with Crippen molar-refractivity contribution in [2.75, 3.05) is 0 Å². The fourth-order valence-electron chi connectivity index (χ4n) is 0.404. The lowest BCUT2D eigenvalue weighted by Gasteiger charge is -1.94. The summed E-state index contributed by atoms with van der Waals surface area (Å²) in [5, 5.41) is 11.5. The molecule has 1 heterocycles. The summed E-state index contributed by atoms with van der Waals surface area (Å²) in [6.45, 7) is 0. The van der Waals surface area contributed by atoms with Gasteiger partial charge in [-0.25, -0.2) is 0 Å². The summed E-state index contributed by atoms with van der Waals surface area (Å²) in [5.41, 5.74) is -0.825. The Balaban J connectivity index is 3.50. The van der Waals surface area contributed by atoms with Gasteiger partial charge in [0.1, 0.15) is 5.02 Å². The van der Waals surface area contributed by atoms with Crippen molar-refractivity contribution >= 4 is 23.2 Å². The second-order valence-corrected chi connectivity index (χ2v) is 2.29. The molecule has 0 saturated carbocycles. The maximum atomic E-state index is 10.6. The highest BCUT2D eigenvalue weighted by Gasteiger charge is 2.04. The van der Waals surface area contributed by atoms with Crippen molar-refractivity contribution in [1.82, 2.24) is 9.94 Å². The topological polar surface area (TPSA) is 55.1 Å². The molecule has 10 heavy (non-hydrogen) atoms. The first kappa shape index (κ1) is 7.37. The zero-order valence-electron chi connectivity index (χ0n) is 4.58. The first-order valence-electron chi connectivity index (χ1n) is 2.25. The van der Waals surface area contributed by atoms with Gasteiger partial charge in [0.15, 0.2) is 0 Å². The smallest absolute Gasteiger partial charge is 0.322 e. The Morgan fingerprint density at radius 3 is 2.70 bits per heavy atom. The van der Waals surface area contributed by atoms with E-state index >= 15 is 0 Å². The van der Waals surface area contributed by atoms with Gasteiger partial charge in [0, 0.05) is 0 Å². The third kappa shape index (κ3) is 1.08. The maximum Gasteiger partial charge on any atom is 0.322 e. The van der Waals surface area contributed by atoms with Crippen LogP contribution in [-0.4, -0.2) is 15.2 Å². The average molecular weight is 181 g/mol. The highest BCUT2D eigenvalue weighted by molar-refractivity contribution is 6.41. The van der Waals surface area contributed by atoms with Crippen LogP contribution in [0.2, 0.25) is 10.0 Å². The van der Waals surface area contributed by atoms with Crippen LogP contribution in [0.3, 0.4) is 0 Å². The highest BCUT2D eigenvalue weighted by atomic mass is 35.5. The van der Waals surface area contributed by atoms with E-state index in [9.17, 15) is 4.79 Å². The third-order valence-electron chi connectivity index (χ3n) is 0.860. The SMILES string of the molecule is O=c1c(Cl)c(Cl)cnn1O. The van der Waals surface area contributed by atoms with Crippen LogP contribution in [0.1, 0.15) is 0 Å². The Labute approximate surface area is 65.6 Å². The minimum Gasteiger partial charge on any atom is -0.409 e. The molecule has 6 heteroatoms. The number of nitrogens with zero attached hydrogens (tertiary/aromatic N) is 2. The van der Waals surface area contributed by atoms with Crippen LogP contribution in [0, 0.1) is 0 Å². The molecule has 0 bridgehead atoms. The number of hydrogen-bond donors (Lipinski definition) is 1. The Morgan fingerprint density at radius 2 is 2.20 bits per heavy atom. The van der Waals surface area contributed by atoms with Crippen LogP contribution in [0.15, 0.2) is 11.0 Å². The van der Waals surface area contributed by atoms with Crippen molar-refractivity contribution in [3.63, 3.8) is 0 Å². The lowest BCUT2D eigenvalue weighted by atomic mass is 10.6. The summed E-state index contributed by atoms with van der Waals surface area (Å²) in [5.74, 6) is 0. The molecule has 1 N–H and O–H groups in total. The summed E-state index contributed by atoms with van der Waals surface area (Å²) in [7, 11) is 0. The van der Waals surface area contributed by atoms with Crippen LogP contribution in [0.4, 0.5) is 0 Å². The van der Waals surface area contributed by atoms with Gasteiger partial charge in [-0.05, 0) is 0 Å². The molecule has 0 aromatic carbocycles. The van der Waals surface area contributed by atoms with Gasteiger partial charge in [-0.3, -0.25) is 4.79 Å². The van der Waals surface area contributed by atoms with Gasteiger partial charge in [0.25, 0.3) is 0 Å². The first-order chi connectivity index (χ1) is 4.63. The largest absolute Gasteiger partial charge is 0.409 e. The molecule has 0 fully saturated rings. The Bertz CT molecular complexity index is 309. The number of rotatable bonds is 0. The normalized spacial score (nSPS) is 9.80. The Hall–Kier alpha value is -0.740. The molecule has 1 aromatic rings. The second kappa shape index (κ2) is 2.48. The molecule has 0 spiro atoms. The van der Waals surface area contributed by atoms with Crippen LogP contribution >= 0.6 is 23.2 Å². The van der Waals surface area contributed by atoms with Gasteiger partial charge in [0.2, 0.25) is 0 Å². The molecule has 1 rings (SSSR count). The van der Waals surface area contributed by atoms with Gasteiger partial charge >= 0.3 is 5.56 Å². The molecule has 1 aromatic heterocycles. The summed E-state index contributed by atoms with van der Waals surface area (Å²) in [6.07, 6.45) is 1.07. The molecule has 0 aliphatic heterocycles. The highest BCUT2D eigenvalue weighted by Crippen LogP contribution is 2.13. The zero-order chi connectivity index (χ0) is 7.72. The lowest BCUT2D eigenvalue weighted by molar-refractivity contribution is 0.134. The molecular formula is C4H2Cl2N2O2. The van der Waals surface area contributed by atoms with E-state index < -0.39 is 5.56 Å². The summed E-state index contributed by atoms with van der Waals surface area (Å²) in [4.78, 5) is 10.7. The van der Waals surface area contributed by atoms with E-state index in [1.807, 2.05) is 0 Å². The van der Waals surface area contributed by atoms with Gasteiger partial charge < -0.3 is 5.21 Å². The van der Waals surface area contributed by atoms with Crippen LogP contribution in [-0.2, 0) is 0 Å². The molecular weight excluding hydrogens is 179 g/mol. The van der Waals surface area contributed by atoms with E-state index in [1.165, 1.54) is 0 Å². The molecule has 0 amide bonds. The van der Waals surface area contributed by atoms with Gasteiger partial charge in [-0.1, -0.05) is 28.0 Å². The van der Waals surface area contributed by atoms with E-state index in [4.69, 9.17) is 28.4 Å². The Kier molecular flexibility index (Phi) is 1.82. The average Bonchev–Trinajstić information content (AvgIpc) is 1.93.